The zero-order valence-corrected chi connectivity index (χ0v) is 16.9. The molecule has 1 aliphatic rings. The first kappa shape index (κ1) is 20.3. The van der Waals surface area contributed by atoms with Gasteiger partial charge in [-0.2, -0.15) is 0 Å². The highest BCUT2D eigenvalue weighted by molar-refractivity contribution is 14.0. The number of hydrogen-bond acceptors (Lipinski definition) is 3. The van der Waals surface area contributed by atoms with Crippen molar-refractivity contribution in [3.05, 3.63) is 66.2 Å². The van der Waals surface area contributed by atoms with E-state index in [9.17, 15) is 0 Å². The Hall–Kier alpha value is -2.06. The quantitative estimate of drug-likeness (QED) is 0.284. The van der Waals surface area contributed by atoms with E-state index >= 15 is 0 Å². The number of nitrogens with one attached hydrogen (secondary N) is 1. The molecule has 1 heterocycles. The molecule has 0 spiro atoms. The van der Waals surface area contributed by atoms with Gasteiger partial charge in [0.2, 0.25) is 0 Å². The Balaban J connectivity index is 0.00000243. The van der Waals surface area contributed by atoms with Crippen LogP contribution in [0.15, 0.2) is 71.2 Å². The van der Waals surface area contributed by atoms with Crippen LogP contribution in [-0.4, -0.2) is 25.7 Å². The van der Waals surface area contributed by atoms with Crippen LogP contribution in [0.3, 0.4) is 0 Å². The monoisotopic (exact) mass is 465 g/mol. The number of nitrogens with zero attached hydrogens (tertiary/aromatic N) is 1. The van der Waals surface area contributed by atoms with E-state index in [1.165, 1.54) is 5.57 Å². The maximum Gasteiger partial charge on any atom is 0.193 e. The fourth-order valence-electron chi connectivity index (χ4n) is 2.56. The number of rotatable bonds is 6. The molecule has 2 aromatic rings. The van der Waals surface area contributed by atoms with Gasteiger partial charge < -0.3 is 20.5 Å². The van der Waals surface area contributed by atoms with Crippen LogP contribution in [0.1, 0.15) is 12.8 Å². The summed E-state index contributed by atoms with van der Waals surface area (Å²) in [5.74, 6) is 1.95. The first-order valence-corrected chi connectivity index (χ1v) is 8.45. The van der Waals surface area contributed by atoms with Crippen molar-refractivity contribution in [2.24, 2.45) is 10.7 Å². The number of hydrogen-bond donors (Lipinski definition) is 2. The minimum Gasteiger partial charge on any atom is -0.457 e. The third-order valence-electron chi connectivity index (χ3n) is 3.86. The average Bonchev–Trinajstić information content (AvgIpc) is 2.64. The Labute approximate surface area is 171 Å². The molecule has 26 heavy (non-hydrogen) atoms. The van der Waals surface area contributed by atoms with Crippen molar-refractivity contribution in [3.63, 3.8) is 0 Å². The van der Waals surface area contributed by atoms with E-state index in [1.807, 2.05) is 54.6 Å². The van der Waals surface area contributed by atoms with Crippen molar-refractivity contribution in [1.82, 2.24) is 0 Å². The Bertz CT molecular complexity index is 748. The van der Waals surface area contributed by atoms with Crippen molar-refractivity contribution in [3.8, 4) is 11.5 Å². The Morgan fingerprint density at radius 1 is 1.12 bits per heavy atom. The second-order valence-corrected chi connectivity index (χ2v) is 5.77. The van der Waals surface area contributed by atoms with Gasteiger partial charge in [0.05, 0.1) is 13.2 Å². The predicted octanol–water partition coefficient (Wildman–Crippen LogP) is 4.56. The Morgan fingerprint density at radius 3 is 2.69 bits per heavy atom. The van der Waals surface area contributed by atoms with Crippen molar-refractivity contribution >= 4 is 35.6 Å². The molecule has 5 nitrogen and oxygen atoms in total. The average molecular weight is 465 g/mol. The number of para-hydroxylation sites is 1. The Morgan fingerprint density at radius 2 is 1.92 bits per heavy atom. The van der Waals surface area contributed by atoms with Gasteiger partial charge in [-0.05, 0) is 37.1 Å². The van der Waals surface area contributed by atoms with Crippen LogP contribution < -0.4 is 15.8 Å². The second kappa shape index (κ2) is 10.8. The maximum absolute atomic E-state index is 5.98. The molecule has 2 aromatic carbocycles. The molecule has 0 saturated carbocycles. The molecule has 0 bridgehead atoms. The second-order valence-electron chi connectivity index (χ2n) is 5.77. The highest BCUT2D eigenvalue weighted by Crippen LogP contribution is 2.23. The standard InChI is InChI=1S/C20H23N3O2.HI/c21-20(22-12-9-16-10-13-24-14-11-16)23-17-5-4-8-19(15-17)25-18-6-2-1-3-7-18;/h1-8,10,15H,9,11-14H2,(H3,21,22,23);1H. The summed E-state index contributed by atoms with van der Waals surface area (Å²) in [6, 6.07) is 17.3. The highest BCUT2D eigenvalue weighted by Gasteiger charge is 2.03. The van der Waals surface area contributed by atoms with Crippen molar-refractivity contribution in [2.45, 2.75) is 12.8 Å². The molecule has 0 aliphatic carbocycles. The van der Waals surface area contributed by atoms with Crippen LogP contribution in [0.2, 0.25) is 0 Å². The number of halogens is 1. The molecular formula is C20H24IN3O2. The van der Waals surface area contributed by atoms with Crippen LogP contribution in [0.25, 0.3) is 0 Å². The SMILES string of the molecule is I.NC(=NCCC1=CCOCC1)Nc1cccc(Oc2ccccc2)c1. The Kier molecular flexibility index (Phi) is 8.43. The van der Waals surface area contributed by atoms with E-state index in [0.29, 0.717) is 19.1 Å². The van der Waals surface area contributed by atoms with E-state index in [4.69, 9.17) is 15.2 Å². The summed E-state index contributed by atoms with van der Waals surface area (Å²) in [4.78, 5) is 4.39. The molecular weight excluding hydrogens is 441 g/mol. The highest BCUT2D eigenvalue weighted by atomic mass is 127. The summed E-state index contributed by atoms with van der Waals surface area (Å²) >= 11 is 0. The van der Waals surface area contributed by atoms with Gasteiger partial charge in [0.1, 0.15) is 11.5 Å². The molecule has 0 amide bonds. The van der Waals surface area contributed by atoms with E-state index < -0.39 is 0 Å². The third-order valence-corrected chi connectivity index (χ3v) is 3.86. The molecule has 1 aliphatic heterocycles. The lowest BCUT2D eigenvalue weighted by Crippen LogP contribution is -2.23. The summed E-state index contributed by atoms with van der Waals surface area (Å²) in [5, 5.41) is 3.11. The molecule has 0 unspecified atom stereocenters. The van der Waals surface area contributed by atoms with E-state index in [0.717, 1.165) is 36.6 Å². The van der Waals surface area contributed by atoms with Gasteiger partial charge in [-0.25, -0.2) is 0 Å². The van der Waals surface area contributed by atoms with Gasteiger partial charge in [0, 0.05) is 18.3 Å². The summed E-state index contributed by atoms with van der Waals surface area (Å²) in [6.45, 7) is 2.18. The van der Waals surface area contributed by atoms with Crippen LogP contribution in [-0.2, 0) is 4.74 Å². The third kappa shape index (κ3) is 6.68. The first-order valence-electron chi connectivity index (χ1n) is 8.45. The van der Waals surface area contributed by atoms with E-state index in [-0.39, 0.29) is 24.0 Å². The topological polar surface area (TPSA) is 68.9 Å². The fraction of sp³-hybridized carbons (Fsp3) is 0.250. The molecule has 0 aromatic heterocycles. The van der Waals surface area contributed by atoms with Crippen LogP contribution in [0.4, 0.5) is 5.69 Å². The molecule has 0 radical (unpaired) electrons. The molecule has 0 fully saturated rings. The zero-order chi connectivity index (χ0) is 17.3. The van der Waals surface area contributed by atoms with E-state index in [1.54, 1.807) is 0 Å². The van der Waals surface area contributed by atoms with Gasteiger partial charge >= 0.3 is 0 Å². The number of guanidine groups is 1. The first-order chi connectivity index (χ1) is 12.3. The molecule has 3 N–H and O–H groups in total. The van der Waals surface area contributed by atoms with Gasteiger partial charge in [-0.3, -0.25) is 4.99 Å². The smallest absolute Gasteiger partial charge is 0.193 e. The van der Waals surface area contributed by atoms with Gasteiger partial charge in [0.15, 0.2) is 5.96 Å². The van der Waals surface area contributed by atoms with E-state index in [2.05, 4.69) is 16.4 Å². The van der Waals surface area contributed by atoms with Crippen molar-refractivity contribution in [1.29, 1.82) is 0 Å². The minimum atomic E-state index is 0. The molecule has 0 atom stereocenters. The normalized spacial score (nSPS) is 14.2. The summed E-state index contributed by atoms with van der Waals surface area (Å²) in [5.41, 5.74) is 8.21. The fourth-order valence-corrected chi connectivity index (χ4v) is 2.56. The maximum atomic E-state index is 5.98. The number of benzene rings is 2. The van der Waals surface area contributed by atoms with Crippen LogP contribution >= 0.6 is 24.0 Å². The van der Waals surface area contributed by atoms with Gasteiger partial charge in [0.25, 0.3) is 0 Å². The number of ether oxygens (including phenoxy) is 2. The molecule has 138 valence electrons. The predicted molar refractivity (Wildman–Crippen MR) is 117 cm³/mol. The van der Waals surface area contributed by atoms with Crippen molar-refractivity contribution in [2.75, 3.05) is 25.1 Å². The zero-order valence-electron chi connectivity index (χ0n) is 14.6. The molecule has 6 heteroatoms. The van der Waals surface area contributed by atoms with Gasteiger partial charge in [-0.1, -0.05) is 35.9 Å². The number of anilines is 1. The van der Waals surface area contributed by atoms with Crippen LogP contribution in [0.5, 0.6) is 11.5 Å². The number of aliphatic imine (C=N–C) groups is 1. The lowest BCUT2D eigenvalue weighted by molar-refractivity contribution is 0.153. The lowest BCUT2D eigenvalue weighted by Gasteiger charge is -2.12. The summed E-state index contributed by atoms with van der Waals surface area (Å²) in [7, 11) is 0. The number of nitrogens with two attached hydrogens (primary N) is 1. The molecule has 0 saturated heterocycles. The minimum absolute atomic E-state index is 0. The van der Waals surface area contributed by atoms with Crippen molar-refractivity contribution < 1.29 is 9.47 Å². The summed E-state index contributed by atoms with van der Waals surface area (Å²) < 4.78 is 11.1. The van der Waals surface area contributed by atoms with Crippen LogP contribution in [0, 0.1) is 0 Å². The lowest BCUT2D eigenvalue weighted by atomic mass is 10.1. The largest absolute Gasteiger partial charge is 0.457 e. The molecule has 3 rings (SSSR count). The van der Waals surface area contributed by atoms with Gasteiger partial charge in [-0.15, -0.1) is 24.0 Å². The summed E-state index contributed by atoms with van der Waals surface area (Å²) in [6.07, 6.45) is 4.04.